The summed E-state index contributed by atoms with van der Waals surface area (Å²) < 4.78 is 0. The molecule has 3 aliphatic rings. The van der Waals surface area contributed by atoms with Crippen LogP contribution in [0.2, 0.25) is 0 Å². The molecule has 0 aromatic rings. The highest BCUT2D eigenvalue weighted by molar-refractivity contribution is 6.10. The van der Waals surface area contributed by atoms with Crippen LogP contribution in [0.25, 0.3) is 4.85 Å². The summed E-state index contributed by atoms with van der Waals surface area (Å²) >= 11 is 0. The summed E-state index contributed by atoms with van der Waals surface area (Å²) in [6, 6.07) is 2.01. The summed E-state index contributed by atoms with van der Waals surface area (Å²) in [6.45, 7) is 14.9. The van der Waals surface area contributed by atoms with Gasteiger partial charge in [0.25, 0.3) is 0 Å². The van der Waals surface area contributed by atoms with E-state index in [-0.39, 0.29) is 34.7 Å². The van der Waals surface area contributed by atoms with Crippen LogP contribution in [0.4, 0.5) is 0 Å². The van der Waals surface area contributed by atoms with Gasteiger partial charge in [-0.2, -0.15) is 5.26 Å². The van der Waals surface area contributed by atoms with Crippen LogP contribution in [0.1, 0.15) is 40.5 Å². The van der Waals surface area contributed by atoms with Gasteiger partial charge in [-0.05, 0) is 37.3 Å². The first-order valence-electron chi connectivity index (χ1n) is 8.70. The number of rotatable bonds is 0. The van der Waals surface area contributed by atoms with Crippen LogP contribution >= 0.6 is 0 Å². The Kier molecular flexibility index (Phi) is 4.01. The highest BCUT2D eigenvalue weighted by Gasteiger charge is 2.56. The first-order valence-corrected chi connectivity index (χ1v) is 8.70. The number of nitrogens with zero attached hydrogens (tertiary/aromatic N) is 2. The minimum Gasteiger partial charge on any atom is -0.307 e. The molecule has 1 fully saturated rings. The van der Waals surface area contributed by atoms with E-state index in [0.717, 1.165) is 18.4 Å². The number of carbonyl (C=O) groups excluding carboxylic acids is 2. The zero-order valence-corrected chi connectivity index (χ0v) is 15.4. The maximum absolute atomic E-state index is 12.7. The maximum atomic E-state index is 12.7. The molecule has 0 spiro atoms. The summed E-state index contributed by atoms with van der Waals surface area (Å²) in [5.41, 5.74) is 0.490. The Labute approximate surface area is 154 Å². The molecule has 130 valence electrons. The van der Waals surface area contributed by atoms with Crippen molar-refractivity contribution >= 4 is 11.6 Å². The highest BCUT2D eigenvalue weighted by Crippen LogP contribution is 2.60. The summed E-state index contributed by atoms with van der Waals surface area (Å²) in [5.74, 6) is 5.25. The fourth-order valence-electron chi connectivity index (χ4n) is 5.06. The molecule has 0 heterocycles. The Morgan fingerprint density at radius 3 is 2.54 bits per heavy atom. The van der Waals surface area contributed by atoms with Crippen molar-refractivity contribution in [3.8, 4) is 17.9 Å². The van der Waals surface area contributed by atoms with E-state index < -0.39 is 10.8 Å². The van der Waals surface area contributed by atoms with E-state index >= 15 is 0 Å². The number of ketones is 2. The van der Waals surface area contributed by atoms with E-state index in [1.54, 1.807) is 19.1 Å². The van der Waals surface area contributed by atoms with Crippen molar-refractivity contribution < 1.29 is 9.59 Å². The standard InChI is InChI=1S/C22H20N2O2/c1-6-7-13-14-8-9-19-21(2,3)20(26)17(24-5)11-22(19,4)16(14)10-18(25)15(13)12-23/h10-11,14,19H,8-9H2,1-4H3. The second-order valence-corrected chi connectivity index (χ2v) is 7.90. The van der Waals surface area contributed by atoms with Gasteiger partial charge in [0.2, 0.25) is 5.70 Å². The summed E-state index contributed by atoms with van der Waals surface area (Å²) in [7, 11) is 0. The average Bonchev–Trinajstić information content (AvgIpc) is 2.59. The van der Waals surface area contributed by atoms with Gasteiger partial charge in [0.05, 0.1) is 6.57 Å². The fraction of sp³-hybridized carbons (Fsp3) is 0.455. The van der Waals surface area contributed by atoms with Crippen LogP contribution in [0, 0.1) is 52.4 Å². The van der Waals surface area contributed by atoms with E-state index in [1.807, 2.05) is 26.8 Å². The molecular formula is C22H20N2O2. The van der Waals surface area contributed by atoms with Gasteiger partial charge in [0, 0.05) is 22.3 Å². The Balaban J connectivity index is 2.25. The monoisotopic (exact) mass is 344 g/mol. The molecule has 0 amide bonds. The van der Waals surface area contributed by atoms with Crippen LogP contribution in [0.3, 0.4) is 0 Å². The molecule has 3 aliphatic carbocycles. The lowest BCUT2D eigenvalue weighted by atomic mass is 9.48. The van der Waals surface area contributed by atoms with E-state index in [4.69, 9.17) is 6.57 Å². The Morgan fingerprint density at radius 2 is 1.96 bits per heavy atom. The Bertz CT molecular complexity index is 966. The van der Waals surface area contributed by atoms with E-state index in [9.17, 15) is 14.9 Å². The number of carbonyl (C=O) groups is 2. The lowest BCUT2D eigenvalue weighted by Gasteiger charge is -2.54. The molecule has 0 aliphatic heterocycles. The van der Waals surface area contributed by atoms with Crippen molar-refractivity contribution in [3.63, 3.8) is 0 Å². The molecular weight excluding hydrogens is 324 g/mol. The molecule has 3 unspecified atom stereocenters. The fourth-order valence-corrected chi connectivity index (χ4v) is 5.06. The van der Waals surface area contributed by atoms with Gasteiger partial charge in [-0.15, -0.1) is 5.92 Å². The summed E-state index contributed by atoms with van der Waals surface area (Å²) in [5, 5.41) is 9.42. The molecule has 4 nitrogen and oxygen atoms in total. The molecule has 0 saturated heterocycles. The molecule has 1 saturated carbocycles. The van der Waals surface area contributed by atoms with Crippen molar-refractivity contribution in [2.24, 2.45) is 22.7 Å². The number of Topliss-reactive ketones (excluding diaryl/α,β-unsaturated/α-hetero) is 1. The third-order valence-corrected chi connectivity index (χ3v) is 6.23. The predicted molar refractivity (Wildman–Crippen MR) is 97.0 cm³/mol. The molecule has 3 atom stereocenters. The van der Waals surface area contributed by atoms with Gasteiger partial charge in [0.15, 0.2) is 11.6 Å². The van der Waals surface area contributed by atoms with Crippen molar-refractivity contribution in [2.45, 2.75) is 40.5 Å². The second kappa shape index (κ2) is 5.82. The van der Waals surface area contributed by atoms with Crippen LogP contribution in [0.15, 0.2) is 34.6 Å². The van der Waals surface area contributed by atoms with Crippen molar-refractivity contribution in [1.82, 2.24) is 0 Å². The number of allylic oxidation sites excluding steroid dienone is 6. The van der Waals surface area contributed by atoms with Gasteiger partial charge in [-0.1, -0.05) is 32.8 Å². The SMILES string of the molecule is [C-]#[N+]C1=CC2(C)C3=CC(=O)C(C#N)=C(C#CC)C3CCC2C(C)(C)C1=O. The van der Waals surface area contributed by atoms with Crippen molar-refractivity contribution in [1.29, 1.82) is 5.26 Å². The smallest absolute Gasteiger partial charge is 0.226 e. The molecule has 4 heteroatoms. The second-order valence-electron chi connectivity index (χ2n) is 7.90. The maximum Gasteiger partial charge on any atom is 0.226 e. The van der Waals surface area contributed by atoms with Crippen LogP contribution in [0.5, 0.6) is 0 Å². The van der Waals surface area contributed by atoms with Crippen molar-refractivity contribution in [3.05, 3.63) is 46.0 Å². The Morgan fingerprint density at radius 1 is 1.27 bits per heavy atom. The molecule has 3 rings (SSSR count). The molecule has 0 N–H and O–H groups in total. The molecule has 0 aromatic carbocycles. The summed E-state index contributed by atoms with van der Waals surface area (Å²) in [6.07, 6.45) is 4.82. The largest absolute Gasteiger partial charge is 0.307 e. The van der Waals surface area contributed by atoms with Crippen molar-refractivity contribution in [2.75, 3.05) is 0 Å². The number of nitriles is 1. The number of hydrogen-bond donors (Lipinski definition) is 0. The average molecular weight is 344 g/mol. The number of hydrogen-bond acceptors (Lipinski definition) is 3. The van der Waals surface area contributed by atoms with E-state index in [1.165, 1.54) is 0 Å². The normalized spacial score (nSPS) is 32.1. The van der Waals surface area contributed by atoms with Gasteiger partial charge in [0.1, 0.15) is 11.6 Å². The molecule has 0 bridgehead atoms. The van der Waals surface area contributed by atoms with Crippen LogP contribution in [-0.4, -0.2) is 11.6 Å². The first kappa shape index (κ1) is 17.9. The third kappa shape index (κ3) is 2.21. The molecule has 26 heavy (non-hydrogen) atoms. The van der Waals surface area contributed by atoms with Crippen LogP contribution < -0.4 is 0 Å². The summed E-state index contributed by atoms with van der Waals surface area (Å²) in [4.78, 5) is 28.8. The minimum absolute atomic E-state index is 0.00257. The van der Waals surface area contributed by atoms with Gasteiger partial charge in [-0.3, -0.25) is 4.79 Å². The van der Waals surface area contributed by atoms with Gasteiger partial charge >= 0.3 is 0 Å². The zero-order valence-electron chi connectivity index (χ0n) is 15.4. The van der Waals surface area contributed by atoms with E-state index in [2.05, 4.69) is 16.7 Å². The third-order valence-electron chi connectivity index (χ3n) is 6.23. The Hall–Kier alpha value is -2.90. The lowest BCUT2D eigenvalue weighted by molar-refractivity contribution is -0.129. The highest BCUT2D eigenvalue weighted by atomic mass is 16.1. The lowest BCUT2D eigenvalue weighted by Crippen LogP contribution is -2.51. The number of fused-ring (bicyclic) bond motifs is 3. The van der Waals surface area contributed by atoms with Gasteiger partial charge < -0.3 is 4.79 Å². The molecule has 0 aromatic heterocycles. The molecule has 0 radical (unpaired) electrons. The quantitative estimate of drug-likeness (QED) is 0.496. The van der Waals surface area contributed by atoms with Gasteiger partial charge in [-0.25, -0.2) is 4.85 Å². The topological polar surface area (TPSA) is 62.3 Å². The van der Waals surface area contributed by atoms with Crippen LogP contribution in [-0.2, 0) is 9.59 Å². The first-order chi connectivity index (χ1) is 12.2. The minimum atomic E-state index is -0.673. The predicted octanol–water partition coefficient (Wildman–Crippen LogP) is 3.78. The zero-order chi connectivity index (χ0) is 19.3. The van der Waals surface area contributed by atoms with E-state index in [0.29, 0.717) is 5.57 Å².